The second-order valence-corrected chi connectivity index (χ2v) is 8.64. The number of ether oxygens (including phenoxy) is 2. The maximum atomic E-state index is 13.6. The summed E-state index contributed by atoms with van der Waals surface area (Å²) < 4.78 is 10.5. The molecular weight excluding hydrogens is 420 g/mol. The number of benzene rings is 2. The van der Waals surface area contributed by atoms with Crippen molar-refractivity contribution in [3.8, 4) is 0 Å². The smallest absolute Gasteiger partial charge is 0.410 e. The molecule has 0 radical (unpaired) electrons. The van der Waals surface area contributed by atoms with Crippen molar-refractivity contribution >= 4 is 18.0 Å². The lowest BCUT2D eigenvalue weighted by molar-refractivity contribution is -0.158. The zero-order chi connectivity index (χ0) is 23.8. The molecule has 1 saturated heterocycles. The molecule has 0 aromatic heterocycles. The van der Waals surface area contributed by atoms with Crippen molar-refractivity contribution in [1.82, 2.24) is 9.80 Å². The highest BCUT2D eigenvalue weighted by molar-refractivity contribution is 5.91. The minimum Gasteiger partial charge on any atom is -0.467 e. The van der Waals surface area contributed by atoms with Crippen LogP contribution >= 0.6 is 0 Å². The molecule has 7 nitrogen and oxygen atoms in total. The van der Waals surface area contributed by atoms with E-state index in [0.717, 1.165) is 11.1 Å². The standard InChI is InChI=1S/C26H32N2O5/c1-19(2)16-23(25(30)32-3)27-14-15-28(26(31)33-18-21-12-8-5-9-13-21)22(24(27)29)17-20-10-6-4-7-11-20/h4-13,19,22-23H,14-18H2,1-3H3/t22-,23-/m1/s1. The van der Waals surface area contributed by atoms with Crippen LogP contribution in [0.25, 0.3) is 0 Å². The van der Waals surface area contributed by atoms with Gasteiger partial charge in [0.15, 0.2) is 0 Å². The van der Waals surface area contributed by atoms with Gasteiger partial charge in [-0.2, -0.15) is 0 Å². The van der Waals surface area contributed by atoms with E-state index in [2.05, 4.69) is 0 Å². The van der Waals surface area contributed by atoms with E-state index >= 15 is 0 Å². The minimum absolute atomic E-state index is 0.129. The maximum absolute atomic E-state index is 13.6. The molecule has 0 aliphatic carbocycles. The highest BCUT2D eigenvalue weighted by Gasteiger charge is 2.43. The Bertz CT molecular complexity index is 932. The number of nitrogens with zero attached hydrogens (tertiary/aromatic N) is 2. The van der Waals surface area contributed by atoms with E-state index in [-0.39, 0.29) is 31.5 Å². The molecule has 176 valence electrons. The van der Waals surface area contributed by atoms with Gasteiger partial charge in [0.25, 0.3) is 0 Å². The molecule has 1 aliphatic heterocycles. The van der Waals surface area contributed by atoms with Crippen LogP contribution in [0.3, 0.4) is 0 Å². The summed E-state index contributed by atoms with van der Waals surface area (Å²) >= 11 is 0. The molecule has 2 aromatic rings. The zero-order valence-corrected chi connectivity index (χ0v) is 19.5. The summed E-state index contributed by atoms with van der Waals surface area (Å²) in [6.45, 7) is 4.65. The minimum atomic E-state index is -0.760. The predicted octanol–water partition coefficient (Wildman–Crippen LogP) is 3.67. The summed E-state index contributed by atoms with van der Waals surface area (Å²) in [6.07, 6.45) is 0.299. The maximum Gasteiger partial charge on any atom is 0.410 e. The second-order valence-electron chi connectivity index (χ2n) is 8.64. The number of amides is 2. The molecule has 1 fully saturated rings. The highest BCUT2D eigenvalue weighted by Crippen LogP contribution is 2.23. The van der Waals surface area contributed by atoms with Crippen molar-refractivity contribution in [2.24, 2.45) is 5.92 Å². The topological polar surface area (TPSA) is 76.2 Å². The summed E-state index contributed by atoms with van der Waals surface area (Å²) in [5.74, 6) is -0.503. The summed E-state index contributed by atoms with van der Waals surface area (Å²) in [4.78, 5) is 42.2. The number of hydrogen-bond donors (Lipinski definition) is 0. The first kappa shape index (κ1) is 24.3. The van der Waals surface area contributed by atoms with Crippen molar-refractivity contribution in [2.45, 2.75) is 45.4 Å². The third-order valence-corrected chi connectivity index (χ3v) is 5.78. The summed E-state index contributed by atoms with van der Waals surface area (Å²) in [7, 11) is 1.33. The molecule has 2 amide bonds. The van der Waals surface area contributed by atoms with Crippen LogP contribution in [-0.2, 0) is 32.1 Å². The fourth-order valence-corrected chi connectivity index (χ4v) is 4.10. The molecule has 0 bridgehead atoms. The van der Waals surface area contributed by atoms with E-state index in [0.29, 0.717) is 12.8 Å². The molecule has 0 saturated carbocycles. The lowest BCUT2D eigenvalue weighted by atomic mass is 9.97. The third kappa shape index (κ3) is 6.34. The van der Waals surface area contributed by atoms with Crippen LogP contribution in [0.15, 0.2) is 60.7 Å². The Balaban J connectivity index is 1.82. The average Bonchev–Trinajstić information content (AvgIpc) is 2.83. The van der Waals surface area contributed by atoms with Crippen molar-refractivity contribution in [3.05, 3.63) is 71.8 Å². The monoisotopic (exact) mass is 452 g/mol. The highest BCUT2D eigenvalue weighted by atomic mass is 16.6. The number of carbonyl (C=O) groups is 3. The zero-order valence-electron chi connectivity index (χ0n) is 19.5. The number of rotatable bonds is 8. The van der Waals surface area contributed by atoms with Gasteiger partial charge in [-0.05, 0) is 23.5 Å². The Morgan fingerprint density at radius 3 is 2.15 bits per heavy atom. The third-order valence-electron chi connectivity index (χ3n) is 5.78. The average molecular weight is 453 g/mol. The summed E-state index contributed by atoms with van der Waals surface area (Å²) in [5, 5.41) is 0. The first-order valence-electron chi connectivity index (χ1n) is 11.3. The van der Waals surface area contributed by atoms with Crippen molar-refractivity contribution in [3.63, 3.8) is 0 Å². The van der Waals surface area contributed by atoms with Gasteiger partial charge in [-0.1, -0.05) is 74.5 Å². The van der Waals surface area contributed by atoms with Gasteiger partial charge >= 0.3 is 12.1 Å². The Kier molecular flexibility index (Phi) is 8.46. The van der Waals surface area contributed by atoms with Gasteiger partial charge < -0.3 is 14.4 Å². The van der Waals surface area contributed by atoms with Gasteiger partial charge in [-0.15, -0.1) is 0 Å². The van der Waals surface area contributed by atoms with Crippen molar-refractivity contribution in [2.75, 3.05) is 20.2 Å². The van der Waals surface area contributed by atoms with E-state index in [1.165, 1.54) is 12.0 Å². The Labute approximate surface area is 195 Å². The van der Waals surface area contributed by atoms with Crippen LogP contribution in [0.5, 0.6) is 0 Å². The van der Waals surface area contributed by atoms with Crippen LogP contribution in [0.1, 0.15) is 31.4 Å². The number of carbonyl (C=O) groups excluding carboxylic acids is 3. The van der Waals surface area contributed by atoms with Crippen molar-refractivity contribution < 1.29 is 23.9 Å². The quantitative estimate of drug-likeness (QED) is 0.572. The Morgan fingerprint density at radius 1 is 0.970 bits per heavy atom. The first-order chi connectivity index (χ1) is 15.9. The largest absolute Gasteiger partial charge is 0.467 e. The van der Waals surface area contributed by atoms with Gasteiger partial charge in [0.05, 0.1) is 7.11 Å². The lowest BCUT2D eigenvalue weighted by Gasteiger charge is -2.42. The molecule has 0 unspecified atom stereocenters. The van der Waals surface area contributed by atoms with E-state index in [9.17, 15) is 14.4 Å². The molecule has 1 heterocycles. The van der Waals surface area contributed by atoms with Crippen LogP contribution in [0.2, 0.25) is 0 Å². The van der Waals surface area contributed by atoms with Gasteiger partial charge in [0.1, 0.15) is 18.7 Å². The van der Waals surface area contributed by atoms with E-state index in [1.807, 2.05) is 74.5 Å². The molecule has 2 aromatic carbocycles. The van der Waals surface area contributed by atoms with Crippen molar-refractivity contribution in [1.29, 1.82) is 0 Å². The van der Waals surface area contributed by atoms with E-state index in [4.69, 9.17) is 9.47 Å². The molecule has 7 heteroatoms. The number of piperazine rings is 1. The first-order valence-corrected chi connectivity index (χ1v) is 11.3. The molecule has 0 N–H and O–H groups in total. The lowest BCUT2D eigenvalue weighted by Crippen LogP contribution is -2.63. The van der Waals surface area contributed by atoms with Gasteiger partial charge in [0.2, 0.25) is 5.91 Å². The molecule has 33 heavy (non-hydrogen) atoms. The van der Waals surface area contributed by atoms with Gasteiger partial charge in [-0.25, -0.2) is 9.59 Å². The molecule has 0 spiro atoms. The summed E-state index contributed by atoms with van der Waals surface area (Å²) in [6, 6.07) is 17.5. The van der Waals surface area contributed by atoms with Crippen LogP contribution in [0, 0.1) is 5.92 Å². The number of hydrogen-bond acceptors (Lipinski definition) is 5. The van der Waals surface area contributed by atoms with E-state index in [1.54, 1.807) is 4.90 Å². The Hall–Kier alpha value is -3.35. The molecule has 3 rings (SSSR count). The predicted molar refractivity (Wildman–Crippen MR) is 124 cm³/mol. The second kappa shape index (κ2) is 11.5. The van der Waals surface area contributed by atoms with Crippen LogP contribution < -0.4 is 0 Å². The summed E-state index contributed by atoms with van der Waals surface area (Å²) in [5.41, 5.74) is 1.80. The molecular formula is C26H32N2O5. The molecule has 1 aliphatic rings. The number of esters is 1. The van der Waals surface area contributed by atoms with Gasteiger partial charge in [0, 0.05) is 19.5 Å². The molecule has 2 atom stereocenters. The van der Waals surface area contributed by atoms with Crippen LogP contribution in [-0.4, -0.2) is 60.1 Å². The fraction of sp³-hybridized carbons (Fsp3) is 0.423. The number of methoxy groups -OCH3 is 1. The van der Waals surface area contributed by atoms with E-state index < -0.39 is 24.1 Å². The van der Waals surface area contributed by atoms with Crippen LogP contribution in [0.4, 0.5) is 4.79 Å². The Morgan fingerprint density at radius 2 is 1.58 bits per heavy atom. The fourth-order valence-electron chi connectivity index (χ4n) is 4.10. The SMILES string of the molecule is COC(=O)[C@@H](CC(C)C)N1CCN(C(=O)OCc2ccccc2)[C@H](Cc2ccccc2)C1=O. The van der Waals surface area contributed by atoms with Gasteiger partial charge in [-0.3, -0.25) is 9.69 Å². The normalized spacial score (nSPS) is 17.1.